The summed E-state index contributed by atoms with van der Waals surface area (Å²) in [5, 5.41) is 2.78. The van der Waals surface area contributed by atoms with Gasteiger partial charge in [-0.1, -0.05) is 0 Å². The van der Waals surface area contributed by atoms with E-state index < -0.39 is 15.4 Å². The Hall–Kier alpha value is -1.43. The number of amides is 1. The molecule has 2 rings (SSSR count). The monoisotopic (exact) mass is 254 g/mol. The largest absolute Gasteiger partial charge is 0.346 e. The Morgan fingerprint density at radius 2 is 2.06 bits per heavy atom. The predicted octanol–water partition coefficient (Wildman–Crippen LogP) is 0.389. The third-order valence-electron chi connectivity index (χ3n) is 2.86. The highest BCUT2D eigenvalue weighted by Gasteiger charge is 2.39. The maximum atomic E-state index is 11.9. The normalized spacial score (nSPS) is 26.6. The van der Waals surface area contributed by atoms with Gasteiger partial charge in [0.2, 0.25) is 0 Å². The van der Waals surface area contributed by atoms with Crippen LogP contribution in [-0.2, 0) is 9.84 Å². The van der Waals surface area contributed by atoms with Crippen LogP contribution in [0.1, 0.15) is 23.7 Å². The van der Waals surface area contributed by atoms with Crippen molar-refractivity contribution in [1.82, 2.24) is 10.3 Å². The van der Waals surface area contributed by atoms with Crippen LogP contribution in [0, 0.1) is 0 Å². The Morgan fingerprint density at radius 1 is 1.41 bits per heavy atom. The van der Waals surface area contributed by atoms with Crippen molar-refractivity contribution in [2.45, 2.75) is 18.9 Å². The Morgan fingerprint density at radius 3 is 2.59 bits per heavy atom. The molecule has 0 saturated carbocycles. The fraction of sp³-hybridized carbons (Fsp3) is 0.455. The minimum atomic E-state index is -3.01. The van der Waals surface area contributed by atoms with Gasteiger partial charge in [0.25, 0.3) is 5.91 Å². The summed E-state index contributed by atoms with van der Waals surface area (Å²) in [5.74, 6) is -0.108. The Bertz CT molecular complexity index is 527. The second-order valence-electron chi connectivity index (χ2n) is 4.59. The average molecular weight is 254 g/mol. The molecular formula is C11H14N2O3S. The van der Waals surface area contributed by atoms with E-state index in [4.69, 9.17) is 0 Å². The molecule has 92 valence electrons. The fourth-order valence-electron chi connectivity index (χ4n) is 1.96. The van der Waals surface area contributed by atoms with Gasteiger partial charge >= 0.3 is 0 Å². The summed E-state index contributed by atoms with van der Waals surface area (Å²) in [7, 11) is -3.01. The molecule has 17 heavy (non-hydrogen) atoms. The van der Waals surface area contributed by atoms with Crippen molar-refractivity contribution in [3.05, 3.63) is 30.1 Å². The van der Waals surface area contributed by atoms with E-state index in [1.807, 2.05) is 0 Å². The van der Waals surface area contributed by atoms with Crippen molar-refractivity contribution in [3.63, 3.8) is 0 Å². The molecule has 1 N–H and O–H groups in total. The maximum absolute atomic E-state index is 11.9. The third-order valence-corrected chi connectivity index (χ3v) is 4.76. The maximum Gasteiger partial charge on any atom is 0.251 e. The number of hydrogen-bond acceptors (Lipinski definition) is 4. The van der Waals surface area contributed by atoms with Gasteiger partial charge in [-0.25, -0.2) is 8.42 Å². The summed E-state index contributed by atoms with van der Waals surface area (Å²) < 4.78 is 22.8. The zero-order valence-corrected chi connectivity index (χ0v) is 10.3. The molecule has 1 saturated heterocycles. The molecule has 0 aliphatic carbocycles. The van der Waals surface area contributed by atoms with E-state index in [2.05, 4.69) is 10.3 Å². The van der Waals surface area contributed by atoms with Gasteiger partial charge < -0.3 is 5.32 Å². The molecule has 1 aliphatic rings. The predicted molar refractivity (Wildman–Crippen MR) is 63.4 cm³/mol. The Balaban J connectivity index is 2.10. The summed E-state index contributed by atoms with van der Waals surface area (Å²) in [6.07, 6.45) is 3.53. The number of aromatic nitrogens is 1. The SMILES string of the molecule is CC1(NC(=O)c2ccncc2)CCS(=O)(=O)C1. The van der Waals surface area contributed by atoms with Crippen LogP contribution in [-0.4, -0.2) is 36.4 Å². The minimum absolute atomic E-state index is 0.0107. The molecule has 0 radical (unpaired) electrons. The summed E-state index contributed by atoms with van der Waals surface area (Å²) in [6.45, 7) is 1.76. The number of pyridine rings is 1. The number of carbonyl (C=O) groups is 1. The lowest BCUT2D eigenvalue weighted by Gasteiger charge is -2.23. The van der Waals surface area contributed by atoms with E-state index in [1.165, 1.54) is 12.4 Å². The lowest BCUT2D eigenvalue weighted by atomic mass is 10.0. The molecule has 1 unspecified atom stereocenters. The zero-order chi connectivity index (χ0) is 12.5. The number of sulfone groups is 1. The standard InChI is InChI=1S/C11H14N2O3S/c1-11(4-7-17(15,16)8-11)13-10(14)9-2-5-12-6-3-9/h2-3,5-6H,4,7-8H2,1H3,(H,13,14). The van der Waals surface area contributed by atoms with Gasteiger partial charge in [-0.15, -0.1) is 0 Å². The molecule has 5 nitrogen and oxygen atoms in total. The smallest absolute Gasteiger partial charge is 0.251 e. The highest BCUT2D eigenvalue weighted by atomic mass is 32.2. The minimum Gasteiger partial charge on any atom is -0.346 e. The van der Waals surface area contributed by atoms with Crippen molar-refractivity contribution in [1.29, 1.82) is 0 Å². The summed E-state index contributed by atoms with van der Waals surface area (Å²) >= 11 is 0. The summed E-state index contributed by atoms with van der Waals surface area (Å²) in [5.41, 5.74) is -0.162. The zero-order valence-electron chi connectivity index (χ0n) is 9.51. The molecule has 6 heteroatoms. The first-order chi connectivity index (χ1) is 7.90. The van der Waals surface area contributed by atoms with Crippen molar-refractivity contribution in [2.75, 3.05) is 11.5 Å². The van der Waals surface area contributed by atoms with Gasteiger partial charge in [0, 0.05) is 18.0 Å². The average Bonchev–Trinajstić information content (AvgIpc) is 2.54. The van der Waals surface area contributed by atoms with Crippen LogP contribution in [0.5, 0.6) is 0 Å². The molecule has 1 atom stereocenters. The van der Waals surface area contributed by atoms with Gasteiger partial charge in [0.05, 0.1) is 17.0 Å². The number of rotatable bonds is 2. The molecule has 1 aliphatic heterocycles. The van der Waals surface area contributed by atoms with Crippen LogP contribution in [0.15, 0.2) is 24.5 Å². The molecule has 1 aromatic heterocycles. The van der Waals surface area contributed by atoms with Crippen molar-refractivity contribution < 1.29 is 13.2 Å². The van der Waals surface area contributed by atoms with Gasteiger partial charge in [0.15, 0.2) is 9.84 Å². The first-order valence-electron chi connectivity index (χ1n) is 5.33. The van der Waals surface area contributed by atoms with Gasteiger partial charge in [-0.3, -0.25) is 9.78 Å². The van der Waals surface area contributed by atoms with E-state index in [1.54, 1.807) is 19.1 Å². The lowest BCUT2D eigenvalue weighted by molar-refractivity contribution is 0.0915. The van der Waals surface area contributed by atoms with Crippen LogP contribution < -0.4 is 5.32 Å². The van der Waals surface area contributed by atoms with Crippen LogP contribution in [0.2, 0.25) is 0 Å². The third kappa shape index (κ3) is 2.82. The van der Waals surface area contributed by atoms with Crippen LogP contribution in [0.3, 0.4) is 0 Å². The van der Waals surface area contributed by atoms with Crippen molar-refractivity contribution in [2.24, 2.45) is 0 Å². The Kier molecular flexibility index (Phi) is 2.91. The van der Waals surface area contributed by atoms with Gasteiger partial charge in [0.1, 0.15) is 0 Å². The second-order valence-corrected chi connectivity index (χ2v) is 6.78. The lowest BCUT2D eigenvalue weighted by Crippen LogP contribution is -2.46. The molecule has 2 heterocycles. The second kappa shape index (κ2) is 4.10. The molecule has 0 aromatic carbocycles. The first-order valence-corrected chi connectivity index (χ1v) is 7.15. The number of nitrogens with one attached hydrogen (secondary N) is 1. The van der Waals surface area contributed by atoms with Crippen molar-refractivity contribution in [3.8, 4) is 0 Å². The number of nitrogens with zero attached hydrogens (tertiary/aromatic N) is 1. The van der Waals surface area contributed by atoms with Crippen molar-refractivity contribution >= 4 is 15.7 Å². The molecule has 0 bridgehead atoms. The van der Waals surface area contributed by atoms with E-state index in [-0.39, 0.29) is 17.4 Å². The molecule has 1 fully saturated rings. The van der Waals surface area contributed by atoms with Gasteiger partial charge in [-0.05, 0) is 25.5 Å². The molecule has 1 aromatic rings. The molecular weight excluding hydrogens is 240 g/mol. The topological polar surface area (TPSA) is 76.1 Å². The first kappa shape index (κ1) is 12.0. The summed E-state index contributed by atoms with van der Waals surface area (Å²) in [4.78, 5) is 15.7. The van der Waals surface area contributed by atoms with E-state index in [0.717, 1.165) is 0 Å². The van der Waals surface area contributed by atoms with Crippen LogP contribution >= 0.6 is 0 Å². The molecule has 1 amide bonds. The van der Waals surface area contributed by atoms with E-state index in [9.17, 15) is 13.2 Å². The van der Waals surface area contributed by atoms with Gasteiger partial charge in [-0.2, -0.15) is 0 Å². The Labute approximate surface area is 100 Å². The highest BCUT2D eigenvalue weighted by Crippen LogP contribution is 2.23. The number of hydrogen-bond donors (Lipinski definition) is 1. The summed E-state index contributed by atoms with van der Waals surface area (Å²) in [6, 6.07) is 3.20. The fourth-order valence-corrected chi connectivity index (χ4v) is 4.05. The van der Waals surface area contributed by atoms with E-state index >= 15 is 0 Å². The van der Waals surface area contributed by atoms with Crippen LogP contribution in [0.25, 0.3) is 0 Å². The highest BCUT2D eigenvalue weighted by molar-refractivity contribution is 7.91. The molecule has 0 spiro atoms. The quantitative estimate of drug-likeness (QED) is 0.828. The van der Waals surface area contributed by atoms with Crippen LogP contribution in [0.4, 0.5) is 0 Å². The van der Waals surface area contributed by atoms with E-state index in [0.29, 0.717) is 12.0 Å². The number of carbonyl (C=O) groups excluding carboxylic acids is 1.